The Bertz CT molecular complexity index is 1470. The molecule has 1 heterocycles. The molecule has 0 saturated carbocycles. The van der Waals surface area contributed by atoms with Crippen molar-refractivity contribution in [3.05, 3.63) is 59.8 Å². The van der Waals surface area contributed by atoms with Crippen LogP contribution in [0.3, 0.4) is 0 Å². The first-order valence-electron chi connectivity index (χ1n) is 11.4. The molecule has 13 heteroatoms. The van der Waals surface area contributed by atoms with Gasteiger partial charge in [-0.1, -0.05) is 19.4 Å². The average molecular weight is 568 g/mol. The maximum atomic E-state index is 12.7. The molecular formula is C24H29N3O7S3. The standard InChI is InChI=1S/C24H29N3O7S3/c1-4-5-12-33-23-16-18(6-11-21(23)24(28)34-13-14-35-36(3,29)30)22-15-17(2)26-27(22)19-7-9-20(10-8-19)37(25,31)32/h6-11,15-16H,4-5,12-14H2,1-3H3,(H2,25,31,32). The van der Waals surface area contributed by atoms with E-state index in [1.807, 2.05) is 19.9 Å². The van der Waals surface area contributed by atoms with E-state index in [4.69, 9.17) is 14.6 Å². The first-order chi connectivity index (χ1) is 17.4. The van der Waals surface area contributed by atoms with Gasteiger partial charge in [0.2, 0.25) is 10.0 Å². The van der Waals surface area contributed by atoms with Gasteiger partial charge in [0.25, 0.3) is 0 Å². The number of hydrogen-bond donors (Lipinski definition) is 1. The zero-order chi connectivity index (χ0) is 27.2. The van der Waals surface area contributed by atoms with E-state index in [1.54, 1.807) is 35.0 Å². The average Bonchev–Trinajstić information content (AvgIpc) is 3.22. The van der Waals surface area contributed by atoms with Gasteiger partial charge in [0.1, 0.15) is 17.9 Å². The summed E-state index contributed by atoms with van der Waals surface area (Å²) in [4.78, 5) is 12.7. The monoisotopic (exact) mass is 567 g/mol. The number of sulfonamides is 1. The van der Waals surface area contributed by atoms with Crippen LogP contribution < -0.4 is 9.88 Å². The summed E-state index contributed by atoms with van der Waals surface area (Å²) in [6.45, 7) is 4.19. The van der Waals surface area contributed by atoms with Crippen molar-refractivity contribution < 1.29 is 31.1 Å². The van der Waals surface area contributed by atoms with Crippen LogP contribution in [0.1, 0.15) is 35.8 Å². The molecule has 2 aromatic carbocycles. The molecule has 0 aliphatic carbocycles. The predicted molar refractivity (Wildman–Crippen MR) is 143 cm³/mol. The van der Waals surface area contributed by atoms with E-state index in [0.717, 1.165) is 24.8 Å². The van der Waals surface area contributed by atoms with E-state index in [0.29, 0.717) is 40.1 Å². The lowest BCUT2D eigenvalue weighted by Gasteiger charge is -2.14. The number of nitrogens with zero attached hydrogens (tertiary/aromatic N) is 2. The van der Waals surface area contributed by atoms with Gasteiger partial charge < -0.3 is 9.47 Å². The Kier molecular flexibility index (Phi) is 9.40. The zero-order valence-electron chi connectivity index (χ0n) is 20.7. The summed E-state index contributed by atoms with van der Waals surface area (Å²) in [6.07, 6.45) is 2.79. The second kappa shape index (κ2) is 12.1. The number of hydrogen-bond acceptors (Lipinski definition) is 9. The maximum Gasteiger partial charge on any atom is 0.341 e. The predicted octanol–water partition coefficient (Wildman–Crippen LogP) is 3.52. The number of unbranched alkanes of at least 4 members (excludes halogenated alkanes) is 1. The Morgan fingerprint density at radius 2 is 1.76 bits per heavy atom. The minimum absolute atomic E-state index is 0.00825. The molecular weight excluding hydrogens is 538 g/mol. The van der Waals surface area contributed by atoms with Gasteiger partial charge in [0, 0.05) is 17.6 Å². The van der Waals surface area contributed by atoms with E-state index in [1.165, 1.54) is 12.1 Å². The Morgan fingerprint density at radius 1 is 1.05 bits per heavy atom. The van der Waals surface area contributed by atoms with Crippen LogP contribution in [-0.4, -0.2) is 57.8 Å². The summed E-state index contributed by atoms with van der Waals surface area (Å²) in [7, 11) is -6.34. The van der Waals surface area contributed by atoms with E-state index in [9.17, 15) is 21.6 Å². The second-order valence-electron chi connectivity index (χ2n) is 8.20. The fourth-order valence-corrected chi connectivity index (χ4v) is 5.45. The number of aryl methyl sites for hydroxylation is 1. The molecule has 0 atom stereocenters. The molecule has 2 N–H and O–H groups in total. The molecule has 0 aliphatic rings. The van der Waals surface area contributed by atoms with Gasteiger partial charge in [-0.3, -0.25) is 0 Å². The summed E-state index contributed by atoms with van der Waals surface area (Å²) in [5, 5.41) is 9.74. The number of esters is 1. The van der Waals surface area contributed by atoms with E-state index < -0.39 is 24.9 Å². The Balaban J connectivity index is 1.93. The first-order valence-corrected chi connectivity index (χ1v) is 16.3. The molecule has 0 radical (unpaired) electrons. The van der Waals surface area contributed by atoms with Crippen molar-refractivity contribution in [1.29, 1.82) is 0 Å². The highest BCUT2D eigenvalue weighted by Crippen LogP contribution is 2.31. The van der Waals surface area contributed by atoms with Gasteiger partial charge in [0.05, 0.1) is 28.6 Å². The van der Waals surface area contributed by atoms with Gasteiger partial charge in [-0.15, -0.1) is 0 Å². The van der Waals surface area contributed by atoms with Crippen LogP contribution >= 0.6 is 10.8 Å². The van der Waals surface area contributed by atoms with E-state index in [-0.39, 0.29) is 22.8 Å². The third kappa shape index (κ3) is 8.06. The van der Waals surface area contributed by atoms with Gasteiger partial charge in [-0.2, -0.15) is 5.10 Å². The van der Waals surface area contributed by atoms with Crippen molar-refractivity contribution in [2.24, 2.45) is 5.14 Å². The van der Waals surface area contributed by atoms with E-state index >= 15 is 0 Å². The number of benzene rings is 2. The number of rotatable bonds is 12. The molecule has 37 heavy (non-hydrogen) atoms. The minimum atomic E-state index is -3.83. The fraction of sp³-hybridized carbons (Fsp3) is 0.333. The number of carbonyl (C=O) groups is 1. The summed E-state index contributed by atoms with van der Waals surface area (Å²) in [6, 6.07) is 12.9. The lowest BCUT2D eigenvalue weighted by Crippen LogP contribution is -2.12. The third-order valence-corrected chi connectivity index (χ3v) is 8.58. The number of ether oxygens (including phenoxy) is 2. The Hall–Kier alpha value is -2.87. The molecule has 3 rings (SSSR count). The van der Waals surface area contributed by atoms with Crippen LogP contribution in [0.5, 0.6) is 5.75 Å². The third-order valence-electron chi connectivity index (χ3n) is 5.11. The smallest absolute Gasteiger partial charge is 0.341 e. The van der Waals surface area contributed by atoms with Crippen LogP contribution in [0.2, 0.25) is 0 Å². The Morgan fingerprint density at radius 3 is 2.38 bits per heavy atom. The Labute approximate surface area is 220 Å². The summed E-state index contributed by atoms with van der Waals surface area (Å²) >= 11 is 0. The van der Waals surface area contributed by atoms with Crippen molar-refractivity contribution >= 4 is 35.7 Å². The summed E-state index contributed by atoms with van der Waals surface area (Å²) in [5.74, 6) is -0.158. The highest BCUT2D eigenvalue weighted by Gasteiger charge is 2.19. The van der Waals surface area contributed by atoms with Crippen molar-refractivity contribution in [2.45, 2.75) is 31.6 Å². The number of carbonyl (C=O) groups excluding carboxylic acids is 1. The number of nitrogens with two attached hydrogens (primary N) is 1. The van der Waals surface area contributed by atoms with Crippen molar-refractivity contribution in [3.8, 4) is 22.7 Å². The molecule has 0 unspecified atom stereocenters. The quantitative estimate of drug-likeness (QED) is 0.197. The van der Waals surface area contributed by atoms with Gasteiger partial charge >= 0.3 is 5.97 Å². The minimum Gasteiger partial charge on any atom is -0.493 e. The van der Waals surface area contributed by atoms with Crippen LogP contribution in [0.15, 0.2) is 53.4 Å². The molecule has 1 aromatic heterocycles. The SMILES string of the molecule is CCCCOc1cc(-c2cc(C)nn2-c2ccc(S(N)(=O)=O)cc2)ccc1C(=O)OCCSS(C)(=O)=O. The molecule has 10 nitrogen and oxygen atoms in total. The van der Waals surface area contributed by atoms with Gasteiger partial charge in [0.15, 0.2) is 8.87 Å². The maximum absolute atomic E-state index is 12.7. The van der Waals surface area contributed by atoms with Crippen molar-refractivity contribution in [1.82, 2.24) is 9.78 Å². The number of primary sulfonamides is 1. The highest BCUT2D eigenvalue weighted by molar-refractivity contribution is 8.71. The lowest BCUT2D eigenvalue weighted by atomic mass is 10.1. The molecule has 0 saturated heterocycles. The molecule has 0 amide bonds. The second-order valence-corrected chi connectivity index (χ2v) is 14.3. The summed E-state index contributed by atoms with van der Waals surface area (Å²) < 4.78 is 58.6. The first kappa shape index (κ1) is 28.7. The van der Waals surface area contributed by atoms with Crippen molar-refractivity contribution in [3.63, 3.8) is 0 Å². The summed E-state index contributed by atoms with van der Waals surface area (Å²) in [5.41, 5.74) is 2.99. The molecule has 0 aliphatic heterocycles. The van der Waals surface area contributed by atoms with Crippen LogP contribution in [0.4, 0.5) is 0 Å². The van der Waals surface area contributed by atoms with Crippen LogP contribution in [0, 0.1) is 6.92 Å². The molecule has 200 valence electrons. The highest BCUT2D eigenvalue weighted by atomic mass is 33.1. The molecule has 0 fully saturated rings. The normalized spacial score (nSPS) is 11.9. The molecule has 0 bridgehead atoms. The lowest BCUT2D eigenvalue weighted by molar-refractivity contribution is 0.0525. The fourth-order valence-electron chi connectivity index (χ4n) is 3.37. The molecule has 0 spiro atoms. The van der Waals surface area contributed by atoms with Crippen LogP contribution in [0.25, 0.3) is 16.9 Å². The van der Waals surface area contributed by atoms with Gasteiger partial charge in [-0.25, -0.2) is 31.5 Å². The van der Waals surface area contributed by atoms with Crippen LogP contribution in [-0.2, 0) is 23.6 Å². The topological polar surface area (TPSA) is 148 Å². The molecule has 3 aromatic rings. The van der Waals surface area contributed by atoms with Gasteiger partial charge in [-0.05, 0) is 66.6 Å². The number of aromatic nitrogens is 2. The van der Waals surface area contributed by atoms with E-state index in [2.05, 4.69) is 5.10 Å². The zero-order valence-corrected chi connectivity index (χ0v) is 23.2. The largest absolute Gasteiger partial charge is 0.493 e. The van der Waals surface area contributed by atoms with Crippen molar-refractivity contribution in [2.75, 3.05) is 25.2 Å².